The third-order valence-corrected chi connectivity index (χ3v) is 2.82. The number of amides is 1. The monoisotopic (exact) mass is 220 g/mol. The predicted molar refractivity (Wildman–Crippen MR) is 67.7 cm³/mol. The second-order valence-electron chi connectivity index (χ2n) is 4.65. The van der Waals surface area contributed by atoms with Crippen LogP contribution in [0.4, 0.5) is 5.69 Å². The van der Waals surface area contributed by atoms with Gasteiger partial charge in [0, 0.05) is 5.69 Å². The smallest absolute Gasteiger partial charge is 0.244 e. The molecule has 0 atom stereocenters. The third-order valence-electron chi connectivity index (χ3n) is 2.82. The minimum absolute atomic E-state index is 0.0260. The van der Waals surface area contributed by atoms with E-state index in [1.165, 1.54) is 5.56 Å². The van der Waals surface area contributed by atoms with E-state index in [1.807, 2.05) is 39.8 Å². The number of hydrogen-bond donors (Lipinski definition) is 2. The van der Waals surface area contributed by atoms with Gasteiger partial charge in [0.05, 0.1) is 5.54 Å². The van der Waals surface area contributed by atoms with E-state index >= 15 is 0 Å². The summed E-state index contributed by atoms with van der Waals surface area (Å²) in [5.74, 6) is -0.0260. The minimum atomic E-state index is -0.558. The van der Waals surface area contributed by atoms with Gasteiger partial charge in [-0.05, 0) is 46.4 Å². The van der Waals surface area contributed by atoms with Crippen LogP contribution in [0, 0.1) is 13.8 Å². The Balaban J connectivity index is 2.85. The number of carbonyl (C=O) groups excluding carboxylic acids is 1. The standard InChI is InChI=1S/C13H20N2O/c1-9-6-7-11(10(2)8-9)15-12(16)13(3,4)14-5/h6-8,14H,1-5H3,(H,15,16). The van der Waals surface area contributed by atoms with E-state index < -0.39 is 5.54 Å². The highest BCUT2D eigenvalue weighted by Crippen LogP contribution is 2.17. The Morgan fingerprint density at radius 3 is 2.38 bits per heavy atom. The van der Waals surface area contributed by atoms with Crippen LogP contribution in [0.1, 0.15) is 25.0 Å². The summed E-state index contributed by atoms with van der Waals surface area (Å²) < 4.78 is 0. The lowest BCUT2D eigenvalue weighted by atomic mass is 10.0. The van der Waals surface area contributed by atoms with Crippen molar-refractivity contribution in [2.24, 2.45) is 0 Å². The number of carbonyl (C=O) groups is 1. The molecule has 0 aliphatic carbocycles. The quantitative estimate of drug-likeness (QED) is 0.820. The zero-order valence-corrected chi connectivity index (χ0v) is 10.6. The number of hydrogen-bond acceptors (Lipinski definition) is 2. The molecule has 0 aromatic heterocycles. The molecule has 0 unspecified atom stereocenters. The molecule has 0 spiro atoms. The molecule has 1 amide bonds. The Morgan fingerprint density at radius 1 is 1.25 bits per heavy atom. The van der Waals surface area contributed by atoms with Crippen LogP contribution in [0.5, 0.6) is 0 Å². The highest BCUT2D eigenvalue weighted by atomic mass is 16.2. The average Bonchev–Trinajstić information content (AvgIpc) is 2.22. The van der Waals surface area contributed by atoms with E-state index in [9.17, 15) is 4.79 Å². The molecule has 0 aliphatic heterocycles. The van der Waals surface area contributed by atoms with Crippen molar-refractivity contribution in [3.05, 3.63) is 29.3 Å². The summed E-state index contributed by atoms with van der Waals surface area (Å²) in [5.41, 5.74) is 2.60. The van der Waals surface area contributed by atoms with Gasteiger partial charge < -0.3 is 10.6 Å². The first-order chi connectivity index (χ1) is 7.36. The molecule has 2 N–H and O–H groups in total. The van der Waals surface area contributed by atoms with Crippen LogP contribution in [-0.4, -0.2) is 18.5 Å². The molecule has 1 rings (SSSR count). The molecule has 1 aromatic carbocycles. The SMILES string of the molecule is CNC(C)(C)C(=O)Nc1ccc(C)cc1C. The summed E-state index contributed by atoms with van der Waals surface area (Å²) >= 11 is 0. The minimum Gasteiger partial charge on any atom is -0.324 e. The fourth-order valence-corrected chi connectivity index (χ4v) is 1.35. The molecule has 0 bridgehead atoms. The van der Waals surface area contributed by atoms with Gasteiger partial charge in [-0.15, -0.1) is 0 Å². The Labute approximate surface area is 97.2 Å². The van der Waals surface area contributed by atoms with Crippen LogP contribution in [0.15, 0.2) is 18.2 Å². The van der Waals surface area contributed by atoms with Crippen LogP contribution in [0.2, 0.25) is 0 Å². The Hall–Kier alpha value is -1.35. The molecule has 0 radical (unpaired) electrons. The lowest BCUT2D eigenvalue weighted by Crippen LogP contribution is -2.48. The topological polar surface area (TPSA) is 41.1 Å². The number of likely N-dealkylation sites (N-methyl/N-ethyl adjacent to an activating group) is 1. The number of nitrogens with one attached hydrogen (secondary N) is 2. The molecule has 88 valence electrons. The average molecular weight is 220 g/mol. The van der Waals surface area contributed by atoms with Crippen molar-refractivity contribution in [3.63, 3.8) is 0 Å². The summed E-state index contributed by atoms with van der Waals surface area (Å²) in [6.45, 7) is 7.74. The fraction of sp³-hybridized carbons (Fsp3) is 0.462. The molecule has 0 fully saturated rings. The fourth-order valence-electron chi connectivity index (χ4n) is 1.35. The highest BCUT2D eigenvalue weighted by molar-refractivity contribution is 5.98. The van der Waals surface area contributed by atoms with Crippen LogP contribution < -0.4 is 10.6 Å². The molecule has 16 heavy (non-hydrogen) atoms. The molecule has 1 aromatic rings. The Morgan fingerprint density at radius 2 is 1.88 bits per heavy atom. The van der Waals surface area contributed by atoms with E-state index in [-0.39, 0.29) is 5.91 Å². The van der Waals surface area contributed by atoms with Crippen molar-refractivity contribution in [2.75, 3.05) is 12.4 Å². The van der Waals surface area contributed by atoms with Gasteiger partial charge in [-0.2, -0.15) is 0 Å². The van der Waals surface area contributed by atoms with Gasteiger partial charge in [0.15, 0.2) is 0 Å². The molecule has 0 aliphatic rings. The first-order valence-electron chi connectivity index (χ1n) is 5.44. The highest BCUT2D eigenvalue weighted by Gasteiger charge is 2.25. The van der Waals surface area contributed by atoms with Crippen LogP contribution in [0.25, 0.3) is 0 Å². The number of benzene rings is 1. The summed E-state index contributed by atoms with van der Waals surface area (Å²) in [5, 5.41) is 5.91. The van der Waals surface area contributed by atoms with Gasteiger partial charge in [0.25, 0.3) is 0 Å². The van der Waals surface area contributed by atoms with Crippen molar-refractivity contribution in [3.8, 4) is 0 Å². The van der Waals surface area contributed by atoms with Gasteiger partial charge in [-0.1, -0.05) is 17.7 Å². The summed E-state index contributed by atoms with van der Waals surface area (Å²) in [4.78, 5) is 11.9. The zero-order chi connectivity index (χ0) is 12.3. The maximum absolute atomic E-state index is 11.9. The maximum Gasteiger partial charge on any atom is 0.244 e. The van der Waals surface area contributed by atoms with Crippen molar-refractivity contribution in [1.29, 1.82) is 0 Å². The van der Waals surface area contributed by atoms with Crippen LogP contribution >= 0.6 is 0 Å². The zero-order valence-electron chi connectivity index (χ0n) is 10.6. The summed E-state index contributed by atoms with van der Waals surface area (Å²) in [7, 11) is 1.78. The van der Waals surface area contributed by atoms with E-state index in [0.717, 1.165) is 11.3 Å². The van der Waals surface area contributed by atoms with Crippen LogP contribution in [-0.2, 0) is 4.79 Å². The Bertz CT molecular complexity index is 397. The molecular weight excluding hydrogens is 200 g/mol. The van der Waals surface area contributed by atoms with Crippen molar-refractivity contribution < 1.29 is 4.79 Å². The van der Waals surface area contributed by atoms with Crippen molar-refractivity contribution in [2.45, 2.75) is 33.2 Å². The number of anilines is 1. The van der Waals surface area contributed by atoms with Gasteiger partial charge in [-0.3, -0.25) is 4.79 Å². The number of aryl methyl sites for hydroxylation is 2. The molecule has 3 heteroatoms. The van der Waals surface area contributed by atoms with Crippen molar-refractivity contribution >= 4 is 11.6 Å². The van der Waals surface area contributed by atoms with E-state index in [0.29, 0.717) is 0 Å². The normalized spacial score (nSPS) is 11.3. The third kappa shape index (κ3) is 2.83. The lowest BCUT2D eigenvalue weighted by Gasteiger charge is -2.23. The largest absolute Gasteiger partial charge is 0.324 e. The van der Waals surface area contributed by atoms with E-state index in [2.05, 4.69) is 16.7 Å². The van der Waals surface area contributed by atoms with Gasteiger partial charge >= 0.3 is 0 Å². The van der Waals surface area contributed by atoms with E-state index in [4.69, 9.17) is 0 Å². The summed E-state index contributed by atoms with van der Waals surface area (Å²) in [6.07, 6.45) is 0. The van der Waals surface area contributed by atoms with Gasteiger partial charge in [0.1, 0.15) is 0 Å². The Kier molecular flexibility index (Phi) is 3.70. The van der Waals surface area contributed by atoms with Crippen LogP contribution in [0.3, 0.4) is 0 Å². The van der Waals surface area contributed by atoms with Gasteiger partial charge in [0.2, 0.25) is 5.91 Å². The molecule has 0 saturated carbocycles. The predicted octanol–water partition coefficient (Wildman–Crippen LogP) is 2.24. The lowest BCUT2D eigenvalue weighted by molar-refractivity contribution is -0.121. The molecule has 3 nitrogen and oxygen atoms in total. The molecule has 0 heterocycles. The van der Waals surface area contributed by atoms with Gasteiger partial charge in [-0.25, -0.2) is 0 Å². The number of rotatable bonds is 3. The second-order valence-corrected chi connectivity index (χ2v) is 4.65. The van der Waals surface area contributed by atoms with E-state index in [1.54, 1.807) is 7.05 Å². The second kappa shape index (κ2) is 4.66. The van der Waals surface area contributed by atoms with Crippen molar-refractivity contribution in [1.82, 2.24) is 5.32 Å². The summed E-state index contributed by atoms with van der Waals surface area (Å²) in [6, 6.07) is 5.99. The maximum atomic E-state index is 11.9. The first kappa shape index (κ1) is 12.7. The molecular formula is C13H20N2O. The first-order valence-corrected chi connectivity index (χ1v) is 5.44. The molecule has 0 saturated heterocycles.